The molecule has 0 bridgehead atoms. The van der Waals surface area contributed by atoms with Crippen molar-refractivity contribution in [1.82, 2.24) is 9.47 Å². The molecule has 142 valence electrons. The highest BCUT2D eigenvalue weighted by molar-refractivity contribution is 7.91. The van der Waals surface area contributed by atoms with E-state index in [-0.39, 0.29) is 35.9 Å². The van der Waals surface area contributed by atoms with Gasteiger partial charge in [0.25, 0.3) is 0 Å². The normalized spacial score (nSPS) is 19.3. The fourth-order valence-electron chi connectivity index (χ4n) is 3.29. The number of hydrogen-bond acceptors (Lipinski definition) is 5. The number of benzene rings is 1. The summed E-state index contributed by atoms with van der Waals surface area (Å²) in [6.07, 6.45) is 0.428. The maximum Gasteiger partial charge on any atom is 0.420 e. The van der Waals surface area contributed by atoms with Crippen molar-refractivity contribution < 1.29 is 17.6 Å². The van der Waals surface area contributed by atoms with Gasteiger partial charge in [0, 0.05) is 23.7 Å². The van der Waals surface area contributed by atoms with Gasteiger partial charge in [-0.2, -0.15) is 0 Å². The number of rotatable bonds is 5. The molecule has 1 aliphatic heterocycles. The van der Waals surface area contributed by atoms with Crippen molar-refractivity contribution in [3.63, 3.8) is 0 Å². The monoisotopic (exact) mass is 400 g/mol. The Labute approximate surface area is 156 Å². The fraction of sp³-hybridized carbons (Fsp3) is 0.529. The second-order valence-electron chi connectivity index (χ2n) is 7.06. The lowest BCUT2D eigenvalue weighted by atomic mass is 10.1. The first-order valence-corrected chi connectivity index (χ1v) is 10.6. The molecule has 0 radical (unpaired) electrons. The summed E-state index contributed by atoms with van der Waals surface area (Å²) in [6.45, 7) is 4.17. The van der Waals surface area contributed by atoms with Crippen molar-refractivity contribution in [2.45, 2.75) is 32.9 Å². The maximum atomic E-state index is 12.9. The third-order valence-corrected chi connectivity index (χ3v) is 6.44. The number of carbonyl (C=O) groups excluding carboxylic acids is 1. The topological polar surface area (TPSA) is 89.6 Å². The van der Waals surface area contributed by atoms with E-state index in [4.69, 9.17) is 16.0 Å². The molecule has 0 aliphatic carbocycles. The summed E-state index contributed by atoms with van der Waals surface area (Å²) in [5, 5.41) is 0.433. The molecule has 26 heavy (non-hydrogen) atoms. The first kappa shape index (κ1) is 19.0. The van der Waals surface area contributed by atoms with Gasteiger partial charge < -0.3 is 9.32 Å². The molecule has 1 fully saturated rings. The van der Waals surface area contributed by atoms with E-state index in [1.165, 1.54) is 10.6 Å². The molecule has 0 saturated carbocycles. The summed E-state index contributed by atoms with van der Waals surface area (Å²) in [6, 6.07) is 4.42. The van der Waals surface area contributed by atoms with E-state index in [9.17, 15) is 18.0 Å². The van der Waals surface area contributed by atoms with Gasteiger partial charge in [0.1, 0.15) is 6.54 Å². The minimum absolute atomic E-state index is 0.0257. The second-order valence-corrected chi connectivity index (χ2v) is 9.73. The molecule has 1 amide bonds. The molecule has 0 spiro atoms. The van der Waals surface area contributed by atoms with Crippen LogP contribution in [0.1, 0.15) is 20.3 Å². The molecule has 1 atom stereocenters. The van der Waals surface area contributed by atoms with Crippen LogP contribution in [0.3, 0.4) is 0 Å². The van der Waals surface area contributed by atoms with Crippen molar-refractivity contribution >= 4 is 38.4 Å². The Morgan fingerprint density at radius 1 is 1.42 bits per heavy atom. The van der Waals surface area contributed by atoms with Crippen LogP contribution in [-0.2, 0) is 21.2 Å². The minimum atomic E-state index is -3.12. The molecular formula is C17H21ClN2O5S. The van der Waals surface area contributed by atoms with Gasteiger partial charge in [-0.15, -0.1) is 0 Å². The number of aromatic nitrogens is 1. The summed E-state index contributed by atoms with van der Waals surface area (Å²) >= 11 is 5.90. The quantitative estimate of drug-likeness (QED) is 0.764. The Balaban J connectivity index is 1.89. The Hall–Kier alpha value is -1.80. The van der Waals surface area contributed by atoms with Crippen LogP contribution in [0, 0.1) is 5.92 Å². The van der Waals surface area contributed by atoms with Gasteiger partial charge in [-0.1, -0.05) is 25.4 Å². The summed E-state index contributed by atoms with van der Waals surface area (Å²) in [5.41, 5.74) is 0.797. The molecule has 3 rings (SSSR count). The average molecular weight is 401 g/mol. The smallest absolute Gasteiger partial charge is 0.408 e. The number of carbonyl (C=O) groups is 1. The predicted molar refractivity (Wildman–Crippen MR) is 99.1 cm³/mol. The minimum Gasteiger partial charge on any atom is -0.408 e. The molecular weight excluding hydrogens is 380 g/mol. The molecule has 2 aromatic rings. The fourth-order valence-corrected chi connectivity index (χ4v) is 5.18. The van der Waals surface area contributed by atoms with Crippen molar-refractivity contribution in [2.75, 3.05) is 18.1 Å². The zero-order chi connectivity index (χ0) is 19.1. The highest BCUT2D eigenvalue weighted by atomic mass is 35.5. The molecule has 1 aromatic carbocycles. The van der Waals surface area contributed by atoms with E-state index in [0.717, 1.165) is 0 Å². The van der Waals surface area contributed by atoms with E-state index in [2.05, 4.69) is 0 Å². The van der Waals surface area contributed by atoms with Crippen molar-refractivity contribution in [3.05, 3.63) is 33.8 Å². The van der Waals surface area contributed by atoms with Crippen LogP contribution < -0.4 is 5.76 Å². The lowest BCUT2D eigenvalue weighted by molar-refractivity contribution is -0.134. The molecule has 2 heterocycles. The Morgan fingerprint density at radius 2 is 2.15 bits per heavy atom. The van der Waals surface area contributed by atoms with Gasteiger partial charge in [-0.25, -0.2) is 13.2 Å². The predicted octanol–water partition coefficient (Wildman–Crippen LogP) is 1.92. The molecule has 0 unspecified atom stereocenters. The Kier molecular flexibility index (Phi) is 5.16. The highest BCUT2D eigenvalue weighted by Gasteiger charge is 2.35. The van der Waals surface area contributed by atoms with Crippen molar-refractivity contribution in [1.29, 1.82) is 0 Å². The summed E-state index contributed by atoms with van der Waals surface area (Å²) in [4.78, 5) is 26.6. The number of sulfone groups is 1. The third kappa shape index (κ3) is 3.96. The number of halogens is 1. The first-order valence-electron chi connectivity index (χ1n) is 8.45. The standard InChI is InChI=1S/C17H21ClN2O5S/c1-11(2)8-19(13-5-6-26(23,24)10-13)16(21)9-20-14-4-3-12(18)7-15(14)25-17(20)22/h3-4,7,11,13H,5-6,8-10H2,1-2H3/t13-/m1/s1. The number of hydrogen-bond donors (Lipinski definition) is 0. The Morgan fingerprint density at radius 3 is 2.77 bits per heavy atom. The van der Waals surface area contributed by atoms with Crippen LogP contribution in [0.2, 0.25) is 5.02 Å². The van der Waals surface area contributed by atoms with Gasteiger partial charge in [0.05, 0.1) is 17.0 Å². The summed E-state index contributed by atoms with van der Waals surface area (Å²) < 4.78 is 30.0. The molecule has 1 aromatic heterocycles. The van der Waals surface area contributed by atoms with Crippen molar-refractivity contribution in [3.8, 4) is 0 Å². The van der Waals surface area contributed by atoms with Crippen LogP contribution in [0.15, 0.2) is 27.4 Å². The Bertz CT molecular complexity index is 992. The van der Waals surface area contributed by atoms with E-state index in [1.807, 2.05) is 13.8 Å². The SMILES string of the molecule is CC(C)CN(C(=O)Cn1c(=O)oc2cc(Cl)ccc21)[C@@H]1CCS(=O)(=O)C1. The van der Waals surface area contributed by atoms with Gasteiger partial charge in [0.2, 0.25) is 5.91 Å². The van der Waals surface area contributed by atoms with E-state index < -0.39 is 15.6 Å². The van der Waals surface area contributed by atoms with Gasteiger partial charge in [0.15, 0.2) is 15.4 Å². The van der Waals surface area contributed by atoms with E-state index >= 15 is 0 Å². The van der Waals surface area contributed by atoms with E-state index in [1.54, 1.807) is 17.0 Å². The van der Waals surface area contributed by atoms with Crippen LogP contribution in [-0.4, -0.2) is 47.9 Å². The summed E-state index contributed by atoms with van der Waals surface area (Å²) in [5.74, 6) is -0.687. The molecule has 7 nitrogen and oxygen atoms in total. The average Bonchev–Trinajstić information content (AvgIpc) is 3.04. The number of fused-ring (bicyclic) bond motifs is 1. The van der Waals surface area contributed by atoms with Crippen LogP contribution >= 0.6 is 11.6 Å². The van der Waals surface area contributed by atoms with E-state index in [0.29, 0.717) is 29.1 Å². The molecule has 1 saturated heterocycles. The van der Waals surface area contributed by atoms with Crippen LogP contribution in [0.5, 0.6) is 0 Å². The number of amides is 1. The molecule has 0 N–H and O–H groups in total. The largest absolute Gasteiger partial charge is 0.420 e. The molecule has 1 aliphatic rings. The second kappa shape index (κ2) is 7.08. The van der Waals surface area contributed by atoms with Gasteiger partial charge >= 0.3 is 5.76 Å². The van der Waals surface area contributed by atoms with Gasteiger partial charge in [-0.3, -0.25) is 9.36 Å². The third-order valence-electron chi connectivity index (χ3n) is 4.46. The number of oxazole rings is 1. The van der Waals surface area contributed by atoms with Gasteiger partial charge in [-0.05, 0) is 24.5 Å². The first-order chi connectivity index (χ1) is 12.2. The molecule has 9 heteroatoms. The van der Waals surface area contributed by atoms with Crippen molar-refractivity contribution in [2.24, 2.45) is 5.92 Å². The summed E-state index contributed by atoms with van der Waals surface area (Å²) in [7, 11) is -3.12. The lowest BCUT2D eigenvalue weighted by Crippen LogP contribution is -2.45. The van der Waals surface area contributed by atoms with Crippen LogP contribution in [0.25, 0.3) is 11.1 Å². The zero-order valence-corrected chi connectivity index (χ0v) is 16.2. The van der Waals surface area contributed by atoms with Crippen LogP contribution in [0.4, 0.5) is 0 Å². The lowest BCUT2D eigenvalue weighted by Gasteiger charge is -2.30. The highest BCUT2D eigenvalue weighted by Crippen LogP contribution is 2.21. The maximum absolute atomic E-state index is 12.9. The zero-order valence-electron chi connectivity index (χ0n) is 14.6. The number of nitrogens with zero attached hydrogens (tertiary/aromatic N) is 2.